The molecule has 0 aromatic heterocycles. The molecule has 2 rings (SSSR count). The highest BCUT2D eigenvalue weighted by atomic mass is 32.2. The summed E-state index contributed by atoms with van der Waals surface area (Å²) in [7, 11) is -3.78. The van der Waals surface area contributed by atoms with Crippen LogP contribution in [0.15, 0.2) is 53.4 Å². The average Bonchev–Trinajstić information content (AvgIpc) is 3.19. The van der Waals surface area contributed by atoms with Gasteiger partial charge in [-0.3, -0.25) is 8.98 Å². The molecular formula is C38H60O16S. The number of hydrogen-bond donors (Lipinski definition) is 0. The molecule has 0 fully saturated rings. The van der Waals surface area contributed by atoms with E-state index in [0.29, 0.717) is 157 Å². The minimum atomic E-state index is -3.78. The highest BCUT2D eigenvalue weighted by molar-refractivity contribution is 7.86. The Morgan fingerprint density at radius 1 is 0.400 bits per heavy atom. The standard InChI is InChI=1S/C38H60O16S/c1-35-2-8-38(9-3-35)55(40,41)54-33-31-52-29-27-50-25-23-48-21-19-46-17-15-44-13-11-42-10-12-43-14-16-45-18-20-47-22-24-49-26-28-51-30-32-53-37-6-4-36(34-39)5-7-37/h2-9,34H,10-33H2,1H3. The third-order valence-corrected chi connectivity index (χ3v) is 8.33. The topological polar surface area (TPSA) is 171 Å². The zero-order chi connectivity index (χ0) is 39.3. The van der Waals surface area contributed by atoms with Crippen molar-refractivity contribution < 1.29 is 74.2 Å². The second-order valence-corrected chi connectivity index (χ2v) is 13.0. The molecule has 0 amide bonds. The van der Waals surface area contributed by atoms with Crippen LogP contribution in [-0.4, -0.2) is 173 Å². The SMILES string of the molecule is Cc1ccc(S(=O)(=O)OCCOCCOCCOCCOCCOCCOCCOCCOCCOCCOCCOCCOc2ccc(C=O)cc2)cc1. The molecular weight excluding hydrogens is 744 g/mol. The van der Waals surface area contributed by atoms with Gasteiger partial charge in [-0.25, -0.2) is 0 Å². The van der Waals surface area contributed by atoms with E-state index in [9.17, 15) is 13.2 Å². The first-order chi connectivity index (χ1) is 27.0. The van der Waals surface area contributed by atoms with Crippen LogP contribution in [0.5, 0.6) is 5.75 Å². The molecule has 0 atom stereocenters. The first-order valence-corrected chi connectivity index (χ1v) is 19.9. The molecule has 0 N–H and O–H groups in total. The molecule has 314 valence electrons. The van der Waals surface area contributed by atoms with Crippen LogP contribution in [0.2, 0.25) is 0 Å². The summed E-state index contributed by atoms with van der Waals surface area (Å²) in [4.78, 5) is 10.8. The Labute approximate surface area is 325 Å². The van der Waals surface area contributed by atoms with Crippen LogP contribution in [0, 0.1) is 6.92 Å². The van der Waals surface area contributed by atoms with E-state index in [2.05, 4.69) is 0 Å². The average molecular weight is 805 g/mol. The molecule has 2 aromatic carbocycles. The minimum Gasteiger partial charge on any atom is -0.491 e. The zero-order valence-electron chi connectivity index (χ0n) is 32.1. The van der Waals surface area contributed by atoms with Crippen LogP contribution >= 0.6 is 0 Å². The maximum Gasteiger partial charge on any atom is 0.297 e. The fourth-order valence-corrected chi connectivity index (χ4v) is 5.03. The zero-order valence-corrected chi connectivity index (χ0v) is 32.9. The number of carbonyl (C=O) groups is 1. The first kappa shape index (κ1) is 48.5. The molecule has 0 heterocycles. The smallest absolute Gasteiger partial charge is 0.297 e. The first-order valence-electron chi connectivity index (χ1n) is 18.5. The summed E-state index contributed by atoms with van der Waals surface area (Å²) in [5.74, 6) is 0.696. The van der Waals surface area contributed by atoms with Gasteiger partial charge in [0.25, 0.3) is 10.1 Å². The Balaban J connectivity index is 1.16. The second kappa shape index (κ2) is 34.6. The van der Waals surface area contributed by atoms with Crippen molar-refractivity contribution in [2.24, 2.45) is 0 Å². The van der Waals surface area contributed by atoms with E-state index in [1.165, 1.54) is 12.1 Å². The molecule has 0 aliphatic carbocycles. The van der Waals surface area contributed by atoms with Gasteiger partial charge in [0.15, 0.2) is 0 Å². The van der Waals surface area contributed by atoms with Gasteiger partial charge < -0.3 is 56.8 Å². The lowest BCUT2D eigenvalue weighted by Gasteiger charge is -2.09. The van der Waals surface area contributed by atoms with E-state index >= 15 is 0 Å². The molecule has 0 unspecified atom stereocenters. The van der Waals surface area contributed by atoms with Gasteiger partial charge in [0, 0.05) is 5.56 Å². The highest BCUT2D eigenvalue weighted by Gasteiger charge is 2.14. The van der Waals surface area contributed by atoms with Crippen molar-refractivity contribution in [3.63, 3.8) is 0 Å². The largest absolute Gasteiger partial charge is 0.491 e. The summed E-state index contributed by atoms with van der Waals surface area (Å²) in [6.45, 7) is 11.9. The van der Waals surface area contributed by atoms with E-state index < -0.39 is 10.1 Å². The van der Waals surface area contributed by atoms with Crippen molar-refractivity contribution in [2.45, 2.75) is 11.8 Å². The van der Waals surface area contributed by atoms with Crippen molar-refractivity contribution in [2.75, 3.05) is 159 Å². The maximum atomic E-state index is 12.1. The molecule has 0 spiro atoms. The fourth-order valence-electron chi connectivity index (χ4n) is 4.14. The van der Waals surface area contributed by atoms with Gasteiger partial charge in [-0.1, -0.05) is 17.7 Å². The molecule has 0 saturated heterocycles. The van der Waals surface area contributed by atoms with Gasteiger partial charge in [-0.2, -0.15) is 8.42 Å². The van der Waals surface area contributed by atoms with Crippen LogP contribution in [0.4, 0.5) is 0 Å². The molecule has 17 heteroatoms. The third-order valence-electron chi connectivity index (χ3n) is 7.01. The summed E-state index contributed by atoms with van der Waals surface area (Å²) in [5.41, 5.74) is 1.58. The Morgan fingerprint density at radius 2 is 0.691 bits per heavy atom. The minimum absolute atomic E-state index is 0.0649. The van der Waals surface area contributed by atoms with E-state index in [-0.39, 0.29) is 18.1 Å². The summed E-state index contributed by atoms with van der Waals surface area (Å²) in [6, 6.07) is 13.4. The van der Waals surface area contributed by atoms with E-state index in [1.54, 1.807) is 36.4 Å². The van der Waals surface area contributed by atoms with Gasteiger partial charge in [-0.05, 0) is 43.3 Å². The molecule has 55 heavy (non-hydrogen) atoms. The van der Waals surface area contributed by atoms with E-state index in [4.69, 9.17) is 61.0 Å². The lowest BCUT2D eigenvalue weighted by molar-refractivity contribution is -0.0279. The number of rotatable bonds is 40. The Morgan fingerprint density at radius 3 is 1.00 bits per heavy atom. The highest BCUT2D eigenvalue weighted by Crippen LogP contribution is 2.13. The number of benzene rings is 2. The number of aryl methyl sites for hydroxylation is 1. The number of hydrogen-bond acceptors (Lipinski definition) is 16. The van der Waals surface area contributed by atoms with Gasteiger partial charge in [-0.15, -0.1) is 0 Å². The molecule has 0 radical (unpaired) electrons. The normalized spacial score (nSPS) is 11.7. The molecule has 0 saturated carbocycles. The Kier molecular flexibility index (Phi) is 30.5. The van der Waals surface area contributed by atoms with Crippen LogP contribution in [0.1, 0.15) is 15.9 Å². The lowest BCUT2D eigenvalue weighted by atomic mass is 10.2. The van der Waals surface area contributed by atoms with E-state index in [1.807, 2.05) is 6.92 Å². The monoisotopic (exact) mass is 804 g/mol. The van der Waals surface area contributed by atoms with Crippen molar-refractivity contribution in [3.8, 4) is 5.75 Å². The van der Waals surface area contributed by atoms with Crippen molar-refractivity contribution >= 4 is 16.4 Å². The lowest BCUT2D eigenvalue weighted by Crippen LogP contribution is -2.16. The van der Waals surface area contributed by atoms with Gasteiger partial charge in [0.2, 0.25) is 0 Å². The third kappa shape index (κ3) is 28.4. The second-order valence-electron chi connectivity index (χ2n) is 11.4. The predicted octanol–water partition coefficient (Wildman–Crippen LogP) is 2.77. The predicted molar refractivity (Wildman–Crippen MR) is 201 cm³/mol. The van der Waals surface area contributed by atoms with Gasteiger partial charge in [0.1, 0.15) is 18.6 Å². The number of carbonyl (C=O) groups excluding carboxylic acids is 1. The maximum absolute atomic E-state index is 12.1. The molecule has 2 aromatic rings. The van der Waals surface area contributed by atoms with Crippen LogP contribution in [0.25, 0.3) is 0 Å². The van der Waals surface area contributed by atoms with E-state index in [0.717, 1.165) is 11.8 Å². The van der Waals surface area contributed by atoms with Gasteiger partial charge in [0.05, 0.1) is 157 Å². The molecule has 0 aliphatic heterocycles. The van der Waals surface area contributed by atoms with Crippen molar-refractivity contribution in [1.82, 2.24) is 0 Å². The quantitative estimate of drug-likeness (QED) is 0.0547. The molecule has 0 aliphatic rings. The Hall–Kier alpha value is -2.62. The van der Waals surface area contributed by atoms with Crippen LogP contribution < -0.4 is 4.74 Å². The van der Waals surface area contributed by atoms with Crippen LogP contribution in [-0.2, 0) is 66.4 Å². The molecule has 0 bridgehead atoms. The van der Waals surface area contributed by atoms with Crippen molar-refractivity contribution in [3.05, 3.63) is 59.7 Å². The number of aldehydes is 1. The summed E-state index contributed by atoms with van der Waals surface area (Å²) in [5, 5.41) is 0. The number of ether oxygens (including phenoxy) is 12. The summed E-state index contributed by atoms with van der Waals surface area (Å²) < 4.78 is 94.7. The van der Waals surface area contributed by atoms with Crippen molar-refractivity contribution in [1.29, 1.82) is 0 Å². The molecule has 16 nitrogen and oxygen atoms in total. The summed E-state index contributed by atoms with van der Waals surface area (Å²) in [6.07, 6.45) is 0.793. The summed E-state index contributed by atoms with van der Waals surface area (Å²) >= 11 is 0. The Bertz CT molecular complexity index is 1260. The van der Waals surface area contributed by atoms with Crippen LogP contribution in [0.3, 0.4) is 0 Å². The fraction of sp³-hybridized carbons (Fsp3) is 0.658. The van der Waals surface area contributed by atoms with Gasteiger partial charge >= 0.3 is 0 Å².